The van der Waals surface area contributed by atoms with Crippen molar-refractivity contribution in [3.8, 4) is 0 Å². The quantitative estimate of drug-likeness (QED) is 0.702. The van der Waals surface area contributed by atoms with Crippen LogP contribution in [0, 0.1) is 5.92 Å². The zero-order valence-electron chi connectivity index (χ0n) is 10.5. The number of hydrogen-bond donors (Lipinski definition) is 0. The molecule has 2 aromatic rings. The fourth-order valence-corrected chi connectivity index (χ4v) is 3.49. The molecule has 0 N–H and O–H groups in total. The average Bonchev–Trinajstić information content (AvgIpc) is 2.99. The van der Waals surface area contributed by atoms with E-state index in [0.29, 0.717) is 6.04 Å². The highest BCUT2D eigenvalue weighted by Gasteiger charge is 2.33. The molecule has 1 aliphatic carbocycles. The molecule has 0 bridgehead atoms. The number of benzene rings is 2. The highest BCUT2D eigenvalue weighted by molar-refractivity contribution is 6.04. The standard InChI is InChI=1S/C17H17N/c1-2-5-13-10-15(9-8-12(13)4-1)17-11-14-6-3-7-16(14)18-17/h1-2,4-5,8-10,14,16H,3,6-7,11H2/t14-,16-/m1/s1. The summed E-state index contributed by atoms with van der Waals surface area (Å²) in [5.41, 5.74) is 2.68. The summed E-state index contributed by atoms with van der Waals surface area (Å²) in [6.07, 6.45) is 5.26. The molecule has 2 atom stereocenters. The Morgan fingerprint density at radius 1 is 0.944 bits per heavy atom. The van der Waals surface area contributed by atoms with E-state index in [2.05, 4.69) is 42.5 Å². The summed E-state index contributed by atoms with van der Waals surface area (Å²) in [6.45, 7) is 0. The zero-order valence-corrected chi connectivity index (χ0v) is 10.5. The van der Waals surface area contributed by atoms with Crippen molar-refractivity contribution in [1.82, 2.24) is 0 Å². The molecule has 4 rings (SSSR count). The van der Waals surface area contributed by atoms with Crippen molar-refractivity contribution < 1.29 is 0 Å². The van der Waals surface area contributed by atoms with Crippen LogP contribution in [0.4, 0.5) is 0 Å². The lowest BCUT2D eigenvalue weighted by molar-refractivity contribution is 0.536. The van der Waals surface area contributed by atoms with Crippen molar-refractivity contribution in [2.24, 2.45) is 10.9 Å². The summed E-state index contributed by atoms with van der Waals surface area (Å²) < 4.78 is 0. The van der Waals surface area contributed by atoms with Gasteiger partial charge < -0.3 is 0 Å². The minimum absolute atomic E-state index is 0.631. The van der Waals surface area contributed by atoms with Crippen LogP contribution in [0.2, 0.25) is 0 Å². The van der Waals surface area contributed by atoms with E-state index in [1.807, 2.05) is 0 Å². The predicted molar refractivity (Wildman–Crippen MR) is 76.2 cm³/mol. The fourth-order valence-electron chi connectivity index (χ4n) is 3.49. The molecule has 1 heteroatoms. The second-order valence-corrected chi connectivity index (χ2v) is 5.60. The molecule has 90 valence electrons. The van der Waals surface area contributed by atoms with Crippen LogP contribution in [-0.4, -0.2) is 11.8 Å². The number of nitrogens with zero attached hydrogens (tertiary/aromatic N) is 1. The smallest absolute Gasteiger partial charge is 0.0535 e. The first-order valence-electron chi connectivity index (χ1n) is 6.96. The van der Waals surface area contributed by atoms with E-state index in [0.717, 1.165) is 5.92 Å². The second kappa shape index (κ2) is 3.94. The van der Waals surface area contributed by atoms with Gasteiger partial charge in [-0.1, -0.05) is 42.8 Å². The van der Waals surface area contributed by atoms with Crippen molar-refractivity contribution in [3.05, 3.63) is 48.0 Å². The highest BCUT2D eigenvalue weighted by Crippen LogP contribution is 2.37. The number of aliphatic imine (C=N–C) groups is 1. The monoisotopic (exact) mass is 235 g/mol. The van der Waals surface area contributed by atoms with Gasteiger partial charge in [0.2, 0.25) is 0 Å². The van der Waals surface area contributed by atoms with Crippen molar-refractivity contribution in [2.75, 3.05) is 0 Å². The predicted octanol–water partition coefficient (Wildman–Crippen LogP) is 4.20. The van der Waals surface area contributed by atoms with Crippen LogP contribution in [0.15, 0.2) is 47.5 Å². The Labute approximate surface area is 108 Å². The Morgan fingerprint density at radius 3 is 2.72 bits per heavy atom. The molecule has 1 heterocycles. The minimum atomic E-state index is 0.631. The molecule has 0 aromatic heterocycles. The van der Waals surface area contributed by atoms with E-state index in [1.165, 1.54) is 47.7 Å². The molecule has 18 heavy (non-hydrogen) atoms. The molecule has 1 fully saturated rings. The Kier molecular flexibility index (Phi) is 2.26. The van der Waals surface area contributed by atoms with Crippen LogP contribution in [0.5, 0.6) is 0 Å². The Bertz CT molecular complexity index is 626. The van der Waals surface area contributed by atoms with Gasteiger partial charge in [-0.3, -0.25) is 4.99 Å². The van der Waals surface area contributed by atoms with Gasteiger partial charge in [-0.05, 0) is 47.6 Å². The van der Waals surface area contributed by atoms with Gasteiger partial charge in [-0.15, -0.1) is 0 Å². The lowest BCUT2D eigenvalue weighted by Gasteiger charge is -2.05. The fraction of sp³-hybridized carbons (Fsp3) is 0.353. The van der Waals surface area contributed by atoms with Gasteiger partial charge in [0.15, 0.2) is 0 Å². The molecule has 2 aliphatic rings. The van der Waals surface area contributed by atoms with E-state index in [9.17, 15) is 0 Å². The number of fused-ring (bicyclic) bond motifs is 2. The van der Waals surface area contributed by atoms with Crippen LogP contribution in [-0.2, 0) is 0 Å². The van der Waals surface area contributed by atoms with Crippen LogP contribution in [0.25, 0.3) is 10.8 Å². The normalized spacial score (nSPS) is 26.3. The number of hydrogen-bond acceptors (Lipinski definition) is 1. The van der Waals surface area contributed by atoms with Crippen molar-refractivity contribution in [2.45, 2.75) is 31.7 Å². The molecular weight excluding hydrogens is 218 g/mol. The van der Waals surface area contributed by atoms with Gasteiger partial charge >= 0.3 is 0 Å². The van der Waals surface area contributed by atoms with Gasteiger partial charge in [0.25, 0.3) is 0 Å². The molecule has 0 saturated heterocycles. The summed E-state index contributed by atoms with van der Waals surface area (Å²) >= 11 is 0. The topological polar surface area (TPSA) is 12.4 Å². The van der Waals surface area contributed by atoms with Crippen LogP contribution < -0.4 is 0 Å². The minimum Gasteiger partial charge on any atom is -0.286 e. The van der Waals surface area contributed by atoms with Crippen molar-refractivity contribution in [3.63, 3.8) is 0 Å². The molecule has 0 spiro atoms. The molecule has 1 saturated carbocycles. The van der Waals surface area contributed by atoms with Crippen molar-refractivity contribution >= 4 is 16.5 Å². The summed E-state index contributed by atoms with van der Waals surface area (Å²) in [4.78, 5) is 4.94. The van der Waals surface area contributed by atoms with Crippen LogP contribution in [0.1, 0.15) is 31.2 Å². The molecule has 0 radical (unpaired) electrons. The van der Waals surface area contributed by atoms with Crippen molar-refractivity contribution in [1.29, 1.82) is 0 Å². The van der Waals surface area contributed by atoms with E-state index in [1.54, 1.807) is 0 Å². The summed E-state index contributed by atoms with van der Waals surface area (Å²) in [5.74, 6) is 0.839. The van der Waals surface area contributed by atoms with Gasteiger partial charge in [0.05, 0.1) is 6.04 Å². The Hall–Kier alpha value is -1.63. The first-order valence-corrected chi connectivity index (χ1v) is 6.96. The lowest BCUT2D eigenvalue weighted by atomic mass is 9.97. The van der Waals surface area contributed by atoms with Gasteiger partial charge in [0, 0.05) is 5.71 Å². The molecular formula is C17H17N. The van der Waals surface area contributed by atoms with E-state index in [-0.39, 0.29) is 0 Å². The summed E-state index contributed by atoms with van der Waals surface area (Å²) in [6, 6.07) is 16.0. The highest BCUT2D eigenvalue weighted by atomic mass is 14.9. The molecule has 0 unspecified atom stereocenters. The second-order valence-electron chi connectivity index (χ2n) is 5.60. The molecule has 1 aliphatic heterocycles. The maximum absolute atomic E-state index is 4.94. The van der Waals surface area contributed by atoms with Crippen LogP contribution >= 0.6 is 0 Å². The van der Waals surface area contributed by atoms with E-state index in [4.69, 9.17) is 4.99 Å². The third kappa shape index (κ3) is 1.58. The van der Waals surface area contributed by atoms with Crippen LogP contribution in [0.3, 0.4) is 0 Å². The van der Waals surface area contributed by atoms with E-state index >= 15 is 0 Å². The average molecular weight is 235 g/mol. The summed E-state index contributed by atoms with van der Waals surface area (Å²) in [5, 5.41) is 2.65. The number of rotatable bonds is 1. The molecule has 2 aromatic carbocycles. The third-order valence-corrected chi connectivity index (χ3v) is 4.48. The third-order valence-electron chi connectivity index (χ3n) is 4.48. The van der Waals surface area contributed by atoms with Gasteiger partial charge in [0.1, 0.15) is 0 Å². The maximum atomic E-state index is 4.94. The SMILES string of the molecule is c1ccc2cc(C3=N[C@@H]4CCC[C@@H]4C3)ccc2c1. The van der Waals surface area contributed by atoms with Gasteiger partial charge in [-0.25, -0.2) is 0 Å². The molecule has 0 amide bonds. The largest absolute Gasteiger partial charge is 0.286 e. The Morgan fingerprint density at radius 2 is 1.83 bits per heavy atom. The first kappa shape index (κ1) is 10.3. The first-order chi connectivity index (χ1) is 8.90. The molecule has 1 nitrogen and oxygen atoms in total. The van der Waals surface area contributed by atoms with E-state index < -0.39 is 0 Å². The Balaban J connectivity index is 1.75. The maximum Gasteiger partial charge on any atom is 0.0535 e. The van der Waals surface area contributed by atoms with Gasteiger partial charge in [-0.2, -0.15) is 0 Å². The lowest BCUT2D eigenvalue weighted by Crippen LogP contribution is -2.04. The zero-order chi connectivity index (χ0) is 11.9. The summed E-state index contributed by atoms with van der Waals surface area (Å²) in [7, 11) is 0.